The molecule has 1 aromatic rings. The van der Waals surface area contributed by atoms with Crippen LogP contribution in [0.1, 0.15) is 32.8 Å². The van der Waals surface area contributed by atoms with Crippen molar-refractivity contribution in [3.63, 3.8) is 0 Å². The predicted molar refractivity (Wildman–Crippen MR) is 70.4 cm³/mol. The van der Waals surface area contributed by atoms with Crippen LogP contribution in [-0.4, -0.2) is 18.1 Å². The van der Waals surface area contributed by atoms with Gasteiger partial charge in [0.05, 0.1) is 5.69 Å². The molecule has 0 unspecified atom stereocenters. The molecule has 1 aliphatic rings. The van der Waals surface area contributed by atoms with Gasteiger partial charge in [-0.15, -0.1) is 0 Å². The normalized spacial score (nSPS) is 15.2. The predicted octanol–water partition coefficient (Wildman–Crippen LogP) is 3.09. The van der Waals surface area contributed by atoms with E-state index in [1.165, 1.54) is 11.0 Å². The monoisotopic (exact) mass is 250 g/mol. The number of aryl methyl sites for hydroxylation is 1. The first kappa shape index (κ1) is 12.9. The van der Waals surface area contributed by atoms with E-state index in [9.17, 15) is 9.18 Å². The molecule has 3 nitrogen and oxygen atoms in total. The highest BCUT2D eigenvalue weighted by atomic mass is 19.1. The maximum absolute atomic E-state index is 13.9. The molecule has 0 spiro atoms. The Balaban J connectivity index is 2.30. The molecule has 1 N–H and O–H groups in total. The molecule has 98 valence electrons. The molecule has 0 aromatic heterocycles. The molecule has 1 aliphatic heterocycles. The number of benzene rings is 1. The maximum atomic E-state index is 13.9. The van der Waals surface area contributed by atoms with Gasteiger partial charge in [0.1, 0.15) is 5.82 Å². The quantitative estimate of drug-likeness (QED) is 0.754. The third-order valence-electron chi connectivity index (χ3n) is 2.90. The molecular weight excluding hydrogens is 231 g/mol. The Kier molecular flexibility index (Phi) is 3.28. The number of amides is 2. The Labute approximate surface area is 107 Å². The summed E-state index contributed by atoms with van der Waals surface area (Å²) in [6, 6.07) is 4.75. The molecule has 0 saturated carbocycles. The third-order valence-corrected chi connectivity index (χ3v) is 2.90. The first-order valence-corrected chi connectivity index (χ1v) is 6.25. The van der Waals surface area contributed by atoms with Crippen LogP contribution in [0.3, 0.4) is 0 Å². The summed E-state index contributed by atoms with van der Waals surface area (Å²) in [4.78, 5) is 13.7. The number of nitrogens with zero attached hydrogens (tertiary/aromatic N) is 1. The highest BCUT2D eigenvalue weighted by Gasteiger charge is 2.27. The first-order valence-electron chi connectivity index (χ1n) is 6.25. The van der Waals surface area contributed by atoms with Crippen molar-refractivity contribution in [3.05, 3.63) is 29.6 Å². The Morgan fingerprint density at radius 3 is 2.78 bits per heavy atom. The van der Waals surface area contributed by atoms with Crippen LogP contribution < -0.4 is 10.2 Å². The zero-order valence-electron chi connectivity index (χ0n) is 11.1. The lowest BCUT2D eigenvalue weighted by molar-refractivity contribution is 0.237. The highest BCUT2D eigenvalue weighted by Crippen LogP contribution is 2.30. The van der Waals surface area contributed by atoms with Gasteiger partial charge in [0.2, 0.25) is 0 Å². The minimum absolute atomic E-state index is 0.228. The van der Waals surface area contributed by atoms with Crippen LogP contribution in [0.15, 0.2) is 18.2 Å². The summed E-state index contributed by atoms with van der Waals surface area (Å²) in [6.07, 6.45) is 1.69. The van der Waals surface area contributed by atoms with Crippen LogP contribution in [0, 0.1) is 5.82 Å². The number of halogens is 1. The van der Waals surface area contributed by atoms with Gasteiger partial charge in [-0.3, -0.25) is 4.90 Å². The van der Waals surface area contributed by atoms with E-state index in [2.05, 4.69) is 5.32 Å². The zero-order valence-corrected chi connectivity index (χ0v) is 11.1. The van der Waals surface area contributed by atoms with Crippen LogP contribution in [0.4, 0.5) is 14.9 Å². The summed E-state index contributed by atoms with van der Waals surface area (Å²) in [5.41, 5.74) is 1.02. The molecule has 0 aliphatic carbocycles. The number of carbonyl (C=O) groups excluding carboxylic acids is 1. The summed E-state index contributed by atoms with van der Waals surface area (Å²) >= 11 is 0. The Morgan fingerprint density at radius 2 is 2.11 bits per heavy atom. The minimum Gasteiger partial charge on any atom is -0.333 e. The number of hydrogen-bond donors (Lipinski definition) is 1. The van der Waals surface area contributed by atoms with Crippen molar-refractivity contribution in [1.29, 1.82) is 0 Å². The second kappa shape index (κ2) is 4.59. The van der Waals surface area contributed by atoms with Gasteiger partial charge in [-0.05, 0) is 45.2 Å². The minimum atomic E-state index is -0.323. The number of fused-ring (bicyclic) bond motifs is 1. The van der Waals surface area contributed by atoms with E-state index in [4.69, 9.17) is 0 Å². The average molecular weight is 250 g/mol. The van der Waals surface area contributed by atoms with Gasteiger partial charge in [0.25, 0.3) is 0 Å². The van der Waals surface area contributed by atoms with Crippen molar-refractivity contribution in [2.45, 2.75) is 39.2 Å². The molecular formula is C14H19FN2O. The van der Waals surface area contributed by atoms with E-state index in [-0.39, 0.29) is 17.4 Å². The molecule has 0 atom stereocenters. The number of carbonyl (C=O) groups is 1. The topological polar surface area (TPSA) is 32.3 Å². The number of anilines is 1. The van der Waals surface area contributed by atoms with Crippen LogP contribution in [0.25, 0.3) is 0 Å². The fourth-order valence-corrected chi connectivity index (χ4v) is 2.19. The second-order valence-corrected chi connectivity index (χ2v) is 5.68. The summed E-state index contributed by atoms with van der Waals surface area (Å²) in [5, 5.41) is 2.88. The van der Waals surface area contributed by atoms with Crippen LogP contribution in [0.2, 0.25) is 0 Å². The standard InChI is InChI=1S/C14H19FN2O/c1-14(2,3)16-13(18)17-9-5-7-10-6-4-8-11(15)12(10)17/h4,6,8H,5,7,9H2,1-3H3,(H,16,18). The van der Waals surface area contributed by atoms with Crippen molar-refractivity contribution in [2.75, 3.05) is 11.4 Å². The number of rotatable bonds is 0. The van der Waals surface area contributed by atoms with Crippen molar-refractivity contribution < 1.29 is 9.18 Å². The lowest BCUT2D eigenvalue weighted by Gasteiger charge is -2.32. The van der Waals surface area contributed by atoms with E-state index in [0.29, 0.717) is 12.2 Å². The molecule has 1 aromatic carbocycles. The molecule has 18 heavy (non-hydrogen) atoms. The number of para-hydroxylation sites is 1. The molecule has 0 bridgehead atoms. The zero-order chi connectivity index (χ0) is 13.3. The van der Waals surface area contributed by atoms with Gasteiger partial charge in [-0.2, -0.15) is 0 Å². The van der Waals surface area contributed by atoms with Crippen LogP contribution in [0.5, 0.6) is 0 Å². The summed E-state index contributed by atoms with van der Waals surface area (Å²) in [5.74, 6) is -0.323. The van der Waals surface area contributed by atoms with Gasteiger partial charge in [-0.25, -0.2) is 9.18 Å². The van der Waals surface area contributed by atoms with Gasteiger partial charge in [0, 0.05) is 12.1 Å². The maximum Gasteiger partial charge on any atom is 0.322 e. The van der Waals surface area contributed by atoms with Gasteiger partial charge >= 0.3 is 6.03 Å². The Hall–Kier alpha value is -1.58. The summed E-state index contributed by atoms with van der Waals surface area (Å²) < 4.78 is 13.9. The van der Waals surface area contributed by atoms with Crippen LogP contribution >= 0.6 is 0 Å². The first-order chi connectivity index (χ1) is 8.38. The SMILES string of the molecule is CC(C)(C)NC(=O)N1CCCc2cccc(F)c21. The summed E-state index contributed by atoms with van der Waals surface area (Å²) in [6.45, 7) is 6.31. The van der Waals surface area contributed by atoms with Gasteiger partial charge in [0.15, 0.2) is 0 Å². The second-order valence-electron chi connectivity index (χ2n) is 5.68. The molecule has 0 fully saturated rings. The fraction of sp³-hybridized carbons (Fsp3) is 0.500. The molecule has 2 amide bonds. The van der Waals surface area contributed by atoms with E-state index in [0.717, 1.165) is 18.4 Å². The third kappa shape index (κ3) is 2.63. The van der Waals surface area contributed by atoms with Gasteiger partial charge < -0.3 is 5.32 Å². The molecule has 2 rings (SSSR count). The fourth-order valence-electron chi connectivity index (χ4n) is 2.19. The lowest BCUT2D eigenvalue weighted by Crippen LogP contribution is -2.50. The number of hydrogen-bond acceptors (Lipinski definition) is 1. The number of urea groups is 1. The van der Waals surface area contributed by atoms with Crippen molar-refractivity contribution in [1.82, 2.24) is 5.32 Å². The number of nitrogens with one attached hydrogen (secondary N) is 1. The molecule has 0 radical (unpaired) electrons. The van der Waals surface area contributed by atoms with Crippen LogP contribution in [-0.2, 0) is 6.42 Å². The van der Waals surface area contributed by atoms with Crippen molar-refractivity contribution >= 4 is 11.7 Å². The van der Waals surface area contributed by atoms with Gasteiger partial charge in [-0.1, -0.05) is 12.1 Å². The Morgan fingerprint density at radius 1 is 1.39 bits per heavy atom. The molecule has 4 heteroatoms. The summed E-state index contributed by atoms with van der Waals surface area (Å²) in [7, 11) is 0. The molecule has 1 heterocycles. The lowest BCUT2D eigenvalue weighted by atomic mass is 10.0. The highest BCUT2D eigenvalue weighted by molar-refractivity contribution is 5.93. The van der Waals surface area contributed by atoms with E-state index in [1.54, 1.807) is 6.07 Å². The van der Waals surface area contributed by atoms with E-state index in [1.807, 2.05) is 26.8 Å². The van der Waals surface area contributed by atoms with E-state index >= 15 is 0 Å². The smallest absolute Gasteiger partial charge is 0.322 e. The largest absolute Gasteiger partial charge is 0.333 e. The average Bonchev–Trinajstić information content (AvgIpc) is 2.26. The van der Waals surface area contributed by atoms with Crippen molar-refractivity contribution in [3.8, 4) is 0 Å². The Bertz CT molecular complexity index is 465. The molecule has 0 saturated heterocycles. The van der Waals surface area contributed by atoms with Crippen molar-refractivity contribution in [2.24, 2.45) is 0 Å². The van der Waals surface area contributed by atoms with E-state index < -0.39 is 0 Å².